The predicted molar refractivity (Wildman–Crippen MR) is 91.8 cm³/mol. The Morgan fingerprint density at radius 3 is 2.84 bits per heavy atom. The zero-order valence-electron chi connectivity index (χ0n) is 13.9. The zero-order chi connectivity index (χ0) is 17.9. The van der Waals surface area contributed by atoms with Crippen molar-refractivity contribution in [2.45, 2.75) is 39.0 Å². The Balaban J connectivity index is 1.58. The van der Waals surface area contributed by atoms with Crippen LogP contribution in [-0.2, 0) is 27.7 Å². The number of carbonyl (C=O) groups excluding carboxylic acids is 1. The second-order valence-corrected chi connectivity index (χ2v) is 7.66. The first kappa shape index (κ1) is 17.3. The average molecular weight is 361 g/mol. The zero-order valence-corrected chi connectivity index (χ0v) is 14.7. The van der Waals surface area contributed by atoms with Gasteiger partial charge in [0, 0.05) is 12.8 Å². The van der Waals surface area contributed by atoms with Crippen molar-refractivity contribution < 1.29 is 17.7 Å². The number of carbonyl (C=O) groups is 1. The molecule has 0 spiro atoms. The van der Waals surface area contributed by atoms with Gasteiger partial charge in [-0.1, -0.05) is 29.4 Å². The van der Waals surface area contributed by atoms with E-state index in [-0.39, 0.29) is 11.3 Å². The Hall–Kier alpha value is -2.48. The quantitative estimate of drug-likeness (QED) is 0.846. The summed E-state index contributed by atoms with van der Waals surface area (Å²) in [5, 5.41) is 3.66. The number of fused-ring (bicyclic) bond motifs is 1. The van der Waals surface area contributed by atoms with Gasteiger partial charge in [0.05, 0.1) is 4.91 Å². The number of nitrogens with zero attached hydrogens (tertiary/aromatic N) is 2. The normalized spacial score (nSPS) is 13.9. The number of allylic oxidation sites excluding steroid dienone is 1. The van der Waals surface area contributed by atoms with Gasteiger partial charge in [-0.3, -0.25) is 4.79 Å². The van der Waals surface area contributed by atoms with Crippen LogP contribution in [0.4, 0.5) is 0 Å². The molecular formula is C17H19N3O4S. The third kappa shape index (κ3) is 4.33. The monoisotopic (exact) mass is 361 g/mol. The van der Waals surface area contributed by atoms with Gasteiger partial charge < -0.3 is 4.52 Å². The molecule has 1 amide bonds. The molecule has 0 saturated carbocycles. The Kier molecular flexibility index (Phi) is 4.98. The summed E-state index contributed by atoms with van der Waals surface area (Å²) >= 11 is 0. The Morgan fingerprint density at radius 2 is 2.08 bits per heavy atom. The van der Waals surface area contributed by atoms with Gasteiger partial charge in [-0.25, -0.2) is 13.1 Å². The summed E-state index contributed by atoms with van der Waals surface area (Å²) in [5.74, 6) is 0.447. The van der Waals surface area contributed by atoms with Crippen LogP contribution >= 0.6 is 0 Å². The van der Waals surface area contributed by atoms with E-state index in [4.69, 9.17) is 4.52 Å². The molecule has 0 unspecified atom stereocenters. The van der Waals surface area contributed by atoms with Crippen molar-refractivity contribution in [3.05, 3.63) is 52.0 Å². The predicted octanol–water partition coefficient (Wildman–Crippen LogP) is 2.13. The topological polar surface area (TPSA) is 102 Å². The highest BCUT2D eigenvalue weighted by Crippen LogP contribution is 2.26. The van der Waals surface area contributed by atoms with Crippen LogP contribution in [0.2, 0.25) is 0 Å². The lowest BCUT2D eigenvalue weighted by atomic mass is 9.98. The molecule has 1 aromatic heterocycles. The second-order valence-electron chi connectivity index (χ2n) is 5.93. The molecule has 1 aliphatic rings. The van der Waals surface area contributed by atoms with E-state index < -0.39 is 15.9 Å². The summed E-state index contributed by atoms with van der Waals surface area (Å²) in [4.78, 5) is 16.2. The van der Waals surface area contributed by atoms with Gasteiger partial charge >= 0.3 is 0 Å². The number of benzene rings is 1. The van der Waals surface area contributed by atoms with Crippen molar-refractivity contribution in [2.75, 3.05) is 0 Å². The molecule has 1 heterocycles. The fraction of sp³-hybridized carbons (Fsp3) is 0.353. The van der Waals surface area contributed by atoms with Gasteiger partial charge in [0.15, 0.2) is 5.82 Å². The van der Waals surface area contributed by atoms with Gasteiger partial charge in [-0.2, -0.15) is 4.98 Å². The highest BCUT2D eigenvalue weighted by atomic mass is 32.2. The number of rotatable bonds is 6. The molecule has 25 heavy (non-hydrogen) atoms. The molecule has 7 nitrogen and oxygen atoms in total. The molecule has 0 bridgehead atoms. The molecule has 2 aromatic rings. The number of sulfonamides is 1. The van der Waals surface area contributed by atoms with Gasteiger partial charge in [0.25, 0.3) is 10.0 Å². The summed E-state index contributed by atoms with van der Waals surface area (Å²) < 4.78 is 31.9. The third-order valence-electron chi connectivity index (χ3n) is 3.97. The molecule has 132 valence electrons. The van der Waals surface area contributed by atoms with E-state index in [1.54, 1.807) is 13.0 Å². The minimum absolute atomic E-state index is 0.0739. The summed E-state index contributed by atoms with van der Waals surface area (Å²) in [5.41, 5.74) is 2.00. The fourth-order valence-corrected chi connectivity index (χ4v) is 3.91. The number of nitrogens with one attached hydrogen (secondary N) is 1. The van der Waals surface area contributed by atoms with Crippen LogP contribution in [0.3, 0.4) is 0 Å². The largest absolute Gasteiger partial charge is 0.339 e. The highest BCUT2D eigenvalue weighted by molar-refractivity contribution is 7.94. The van der Waals surface area contributed by atoms with Crippen LogP contribution in [0.5, 0.6) is 0 Å². The lowest BCUT2D eigenvalue weighted by Crippen LogP contribution is -2.32. The number of aromatic nitrogens is 2. The number of aryl methyl sites for hydroxylation is 3. The molecular weight excluding hydrogens is 342 g/mol. The number of hydrogen-bond donors (Lipinski definition) is 1. The summed E-state index contributed by atoms with van der Waals surface area (Å²) in [6.07, 6.45) is 3.62. The van der Waals surface area contributed by atoms with Crippen molar-refractivity contribution >= 4 is 22.0 Å². The maximum Gasteiger partial charge on any atom is 0.260 e. The van der Waals surface area contributed by atoms with Crippen LogP contribution in [0.15, 0.2) is 33.7 Å². The minimum atomic E-state index is -3.81. The molecule has 0 fully saturated rings. The Labute approximate surface area is 146 Å². The minimum Gasteiger partial charge on any atom is -0.339 e. The van der Waals surface area contributed by atoms with Gasteiger partial charge in [0.2, 0.25) is 11.8 Å². The Morgan fingerprint density at radius 1 is 1.28 bits per heavy atom. The maximum absolute atomic E-state index is 12.4. The first-order valence-corrected chi connectivity index (χ1v) is 9.56. The van der Waals surface area contributed by atoms with E-state index in [2.05, 4.69) is 14.9 Å². The first-order valence-electron chi connectivity index (χ1n) is 8.07. The lowest BCUT2D eigenvalue weighted by molar-refractivity contribution is -0.119. The van der Waals surface area contributed by atoms with Crippen LogP contribution in [0.25, 0.3) is 6.08 Å². The lowest BCUT2D eigenvalue weighted by Gasteiger charge is -2.16. The van der Waals surface area contributed by atoms with Crippen molar-refractivity contribution in [1.29, 1.82) is 0 Å². The van der Waals surface area contributed by atoms with Gasteiger partial charge in [-0.15, -0.1) is 0 Å². The summed E-state index contributed by atoms with van der Waals surface area (Å²) in [6, 6.07) is 7.65. The molecule has 3 rings (SSSR count). The van der Waals surface area contributed by atoms with Crippen LogP contribution in [-0.4, -0.2) is 24.5 Å². The van der Waals surface area contributed by atoms with Gasteiger partial charge in [-0.05, 0) is 43.4 Å². The van der Waals surface area contributed by atoms with Gasteiger partial charge in [0.1, 0.15) is 0 Å². The summed E-state index contributed by atoms with van der Waals surface area (Å²) in [7, 11) is -3.81. The molecule has 0 aliphatic heterocycles. The SMILES string of the molecule is Cc1noc(CCCC(=O)NS(=O)(=O)C2=Cc3ccccc3CC2)n1. The number of amides is 1. The highest BCUT2D eigenvalue weighted by Gasteiger charge is 2.23. The molecule has 1 N–H and O–H groups in total. The van der Waals surface area contributed by atoms with Crippen molar-refractivity contribution in [3.63, 3.8) is 0 Å². The fourth-order valence-electron chi connectivity index (χ4n) is 2.73. The first-order chi connectivity index (χ1) is 11.9. The third-order valence-corrected chi connectivity index (χ3v) is 5.48. The van der Waals surface area contributed by atoms with E-state index in [9.17, 15) is 13.2 Å². The van der Waals surface area contributed by atoms with E-state index in [0.717, 1.165) is 11.1 Å². The van der Waals surface area contributed by atoms with Crippen LogP contribution in [0, 0.1) is 6.92 Å². The molecule has 0 saturated heterocycles. The average Bonchev–Trinajstić information content (AvgIpc) is 2.99. The Bertz CT molecular complexity index is 915. The molecule has 1 aromatic carbocycles. The van der Waals surface area contributed by atoms with E-state index >= 15 is 0 Å². The summed E-state index contributed by atoms with van der Waals surface area (Å²) in [6.45, 7) is 1.71. The maximum atomic E-state index is 12.4. The van der Waals surface area contributed by atoms with Crippen molar-refractivity contribution in [3.8, 4) is 0 Å². The molecule has 0 radical (unpaired) electrons. The van der Waals surface area contributed by atoms with Crippen molar-refractivity contribution in [2.24, 2.45) is 0 Å². The van der Waals surface area contributed by atoms with E-state index in [1.165, 1.54) is 0 Å². The van der Waals surface area contributed by atoms with Crippen LogP contribution in [0.1, 0.15) is 42.1 Å². The van der Waals surface area contributed by atoms with Crippen LogP contribution < -0.4 is 4.72 Å². The van der Waals surface area contributed by atoms with E-state index in [0.29, 0.717) is 37.4 Å². The standard InChI is InChI=1S/C17H19N3O4S/c1-12-18-17(24-19-12)8-4-7-16(21)20-25(22,23)15-10-9-13-5-2-3-6-14(13)11-15/h2-3,5-6,11H,4,7-10H2,1H3,(H,20,21). The van der Waals surface area contributed by atoms with E-state index in [1.807, 2.05) is 24.3 Å². The molecule has 0 atom stereocenters. The molecule has 8 heteroatoms. The smallest absolute Gasteiger partial charge is 0.260 e. The molecule has 1 aliphatic carbocycles. The second kappa shape index (κ2) is 7.18. The van der Waals surface area contributed by atoms with Crippen molar-refractivity contribution in [1.82, 2.24) is 14.9 Å². The number of hydrogen-bond acceptors (Lipinski definition) is 6.